The molecule has 0 aliphatic heterocycles. The Balaban J connectivity index is 0. The number of hydrogen-bond acceptors (Lipinski definition) is 2. The molecule has 56 valence electrons. The molecule has 0 aromatic heterocycles. The van der Waals surface area contributed by atoms with Crippen molar-refractivity contribution in [2.75, 3.05) is 13.7 Å². The van der Waals surface area contributed by atoms with Crippen LogP contribution < -0.4 is 0 Å². The quantitative estimate of drug-likeness (QED) is 0.718. The number of methoxy groups -OCH3 is 1. The SMILES string of the molecule is COCC(Br)C(=O)O.Cl. The molecule has 0 amide bonds. The molecule has 0 bridgehead atoms. The molecule has 0 spiro atoms. The third-order valence-corrected chi connectivity index (χ3v) is 1.24. The molecule has 5 heteroatoms. The van der Waals surface area contributed by atoms with Crippen LogP contribution in [0.25, 0.3) is 0 Å². The predicted molar refractivity (Wildman–Crippen MR) is 39.5 cm³/mol. The van der Waals surface area contributed by atoms with E-state index in [1.54, 1.807) is 0 Å². The van der Waals surface area contributed by atoms with Crippen LogP contribution in [0.4, 0.5) is 0 Å². The van der Waals surface area contributed by atoms with Gasteiger partial charge in [-0.05, 0) is 0 Å². The van der Waals surface area contributed by atoms with Gasteiger partial charge in [-0.1, -0.05) is 15.9 Å². The van der Waals surface area contributed by atoms with Gasteiger partial charge in [-0.3, -0.25) is 4.79 Å². The van der Waals surface area contributed by atoms with E-state index < -0.39 is 10.8 Å². The highest BCUT2D eigenvalue weighted by molar-refractivity contribution is 9.10. The van der Waals surface area contributed by atoms with Crippen molar-refractivity contribution in [3.05, 3.63) is 0 Å². The van der Waals surface area contributed by atoms with Gasteiger partial charge < -0.3 is 9.84 Å². The third-order valence-electron chi connectivity index (χ3n) is 0.581. The maximum Gasteiger partial charge on any atom is 0.319 e. The normalized spacial score (nSPS) is 11.8. The van der Waals surface area contributed by atoms with Crippen LogP contribution in [0, 0.1) is 0 Å². The minimum Gasteiger partial charge on any atom is -0.480 e. The van der Waals surface area contributed by atoms with Crippen molar-refractivity contribution in [2.45, 2.75) is 4.83 Å². The molecule has 0 heterocycles. The first-order valence-corrected chi connectivity index (χ1v) is 2.96. The highest BCUT2D eigenvalue weighted by atomic mass is 79.9. The zero-order chi connectivity index (χ0) is 6.57. The van der Waals surface area contributed by atoms with E-state index >= 15 is 0 Å². The van der Waals surface area contributed by atoms with Gasteiger partial charge in [0.1, 0.15) is 4.83 Å². The first-order chi connectivity index (χ1) is 3.68. The molecule has 0 fully saturated rings. The molecule has 0 aliphatic rings. The van der Waals surface area contributed by atoms with E-state index in [0.717, 1.165) is 0 Å². The Bertz CT molecular complexity index is 87.9. The summed E-state index contributed by atoms with van der Waals surface area (Å²) >= 11 is 2.88. The van der Waals surface area contributed by atoms with Crippen LogP contribution in [0.15, 0.2) is 0 Å². The van der Waals surface area contributed by atoms with Crippen molar-refractivity contribution in [3.63, 3.8) is 0 Å². The van der Waals surface area contributed by atoms with Crippen molar-refractivity contribution >= 4 is 34.3 Å². The van der Waals surface area contributed by atoms with Crippen LogP contribution in [0.1, 0.15) is 0 Å². The molecule has 1 unspecified atom stereocenters. The van der Waals surface area contributed by atoms with Gasteiger partial charge in [-0.15, -0.1) is 12.4 Å². The van der Waals surface area contributed by atoms with Crippen molar-refractivity contribution < 1.29 is 14.6 Å². The fraction of sp³-hybridized carbons (Fsp3) is 0.750. The molecule has 9 heavy (non-hydrogen) atoms. The number of carbonyl (C=O) groups is 1. The Morgan fingerprint density at radius 2 is 2.33 bits per heavy atom. The maximum atomic E-state index is 9.96. The molecule has 0 aromatic carbocycles. The summed E-state index contributed by atoms with van der Waals surface area (Å²) in [4.78, 5) is 9.39. The maximum absolute atomic E-state index is 9.96. The summed E-state index contributed by atoms with van der Waals surface area (Å²) in [6, 6.07) is 0. The number of halogens is 2. The predicted octanol–water partition coefficient (Wildman–Crippen LogP) is 0.903. The second kappa shape index (κ2) is 6.32. The molecular formula is C4H8BrClO3. The van der Waals surface area contributed by atoms with Crippen molar-refractivity contribution in [1.82, 2.24) is 0 Å². The van der Waals surface area contributed by atoms with Crippen LogP contribution in [-0.4, -0.2) is 29.6 Å². The monoisotopic (exact) mass is 218 g/mol. The van der Waals surface area contributed by atoms with E-state index in [9.17, 15) is 4.79 Å². The van der Waals surface area contributed by atoms with Crippen LogP contribution in [0.5, 0.6) is 0 Å². The van der Waals surface area contributed by atoms with Crippen LogP contribution >= 0.6 is 28.3 Å². The summed E-state index contributed by atoms with van der Waals surface area (Å²) in [5.41, 5.74) is 0. The second-order valence-electron chi connectivity index (χ2n) is 1.26. The molecule has 0 saturated heterocycles. The summed E-state index contributed by atoms with van der Waals surface area (Å²) < 4.78 is 4.54. The minimum atomic E-state index is -0.896. The highest BCUT2D eigenvalue weighted by Crippen LogP contribution is 1.97. The fourth-order valence-corrected chi connectivity index (χ4v) is 0.482. The molecule has 0 radical (unpaired) electrons. The van der Waals surface area contributed by atoms with Gasteiger partial charge in [-0.2, -0.15) is 0 Å². The van der Waals surface area contributed by atoms with E-state index in [1.165, 1.54) is 7.11 Å². The lowest BCUT2D eigenvalue weighted by atomic mass is 10.5. The van der Waals surface area contributed by atoms with Crippen LogP contribution in [-0.2, 0) is 9.53 Å². The van der Waals surface area contributed by atoms with E-state index in [0.29, 0.717) is 0 Å². The summed E-state index contributed by atoms with van der Waals surface area (Å²) in [7, 11) is 1.46. The van der Waals surface area contributed by atoms with Gasteiger partial charge in [0.25, 0.3) is 0 Å². The first kappa shape index (κ1) is 11.9. The van der Waals surface area contributed by atoms with Crippen molar-refractivity contribution in [2.24, 2.45) is 0 Å². The number of carboxylic acid groups (broad SMARTS) is 1. The Morgan fingerprint density at radius 3 is 2.44 bits per heavy atom. The Morgan fingerprint density at radius 1 is 1.89 bits per heavy atom. The van der Waals surface area contributed by atoms with Crippen LogP contribution in [0.2, 0.25) is 0 Å². The lowest BCUT2D eigenvalue weighted by molar-refractivity contribution is -0.137. The number of ether oxygens (including phenoxy) is 1. The molecule has 1 atom stereocenters. The Kier molecular flexibility index (Phi) is 8.38. The highest BCUT2D eigenvalue weighted by Gasteiger charge is 2.10. The molecular weight excluding hydrogens is 211 g/mol. The molecule has 0 aliphatic carbocycles. The molecule has 3 nitrogen and oxygen atoms in total. The van der Waals surface area contributed by atoms with Gasteiger partial charge in [0.15, 0.2) is 0 Å². The van der Waals surface area contributed by atoms with Gasteiger partial charge >= 0.3 is 5.97 Å². The standard InChI is InChI=1S/C4H7BrO3.ClH/c1-8-2-3(5)4(6)7;/h3H,2H2,1H3,(H,6,7);1H. The topological polar surface area (TPSA) is 46.5 Å². The summed E-state index contributed by atoms with van der Waals surface area (Å²) in [5, 5.41) is 8.19. The molecule has 1 N–H and O–H groups in total. The molecule has 0 saturated carbocycles. The Labute approximate surface area is 67.9 Å². The first-order valence-electron chi connectivity index (χ1n) is 2.04. The third kappa shape index (κ3) is 6.08. The van der Waals surface area contributed by atoms with E-state index in [1.807, 2.05) is 0 Å². The Hall–Kier alpha value is 0.200. The number of carboxylic acids is 1. The average molecular weight is 219 g/mol. The number of aliphatic carboxylic acids is 1. The summed E-state index contributed by atoms with van der Waals surface area (Å²) in [6.07, 6.45) is 0. The fourth-order valence-electron chi connectivity index (χ4n) is 0.218. The van der Waals surface area contributed by atoms with E-state index in [-0.39, 0.29) is 19.0 Å². The zero-order valence-electron chi connectivity index (χ0n) is 4.83. The van der Waals surface area contributed by atoms with Crippen molar-refractivity contribution in [1.29, 1.82) is 0 Å². The smallest absolute Gasteiger partial charge is 0.319 e. The number of hydrogen-bond donors (Lipinski definition) is 1. The summed E-state index contributed by atoms with van der Waals surface area (Å²) in [6.45, 7) is 0.204. The lowest BCUT2D eigenvalue weighted by Crippen LogP contribution is -2.17. The van der Waals surface area contributed by atoms with E-state index in [2.05, 4.69) is 20.7 Å². The van der Waals surface area contributed by atoms with Gasteiger partial charge in [0.2, 0.25) is 0 Å². The molecule has 0 rings (SSSR count). The number of rotatable bonds is 3. The largest absolute Gasteiger partial charge is 0.480 e. The van der Waals surface area contributed by atoms with E-state index in [4.69, 9.17) is 5.11 Å². The van der Waals surface area contributed by atoms with Crippen molar-refractivity contribution in [3.8, 4) is 0 Å². The average Bonchev–Trinajstić information content (AvgIpc) is 1.67. The van der Waals surface area contributed by atoms with Gasteiger partial charge in [-0.25, -0.2) is 0 Å². The minimum absolute atomic E-state index is 0. The van der Waals surface area contributed by atoms with Gasteiger partial charge in [0.05, 0.1) is 6.61 Å². The van der Waals surface area contributed by atoms with Crippen LogP contribution in [0.3, 0.4) is 0 Å². The summed E-state index contributed by atoms with van der Waals surface area (Å²) in [5.74, 6) is -0.896. The lowest BCUT2D eigenvalue weighted by Gasteiger charge is -1.99. The van der Waals surface area contributed by atoms with Gasteiger partial charge in [0, 0.05) is 7.11 Å². The zero-order valence-corrected chi connectivity index (χ0v) is 7.24. The second-order valence-corrected chi connectivity index (χ2v) is 2.37. The number of alkyl halides is 1. The molecule has 0 aromatic rings.